The third kappa shape index (κ3) is 5.41. The van der Waals surface area contributed by atoms with Crippen LogP contribution in [-0.4, -0.2) is 23.0 Å². The molecule has 146 valence electrons. The van der Waals surface area contributed by atoms with Crippen LogP contribution in [0, 0.1) is 0 Å². The molecule has 3 aromatic rings. The highest BCUT2D eigenvalue weighted by molar-refractivity contribution is 6.35. The summed E-state index contributed by atoms with van der Waals surface area (Å²) in [5.74, 6) is -0.0888. The fraction of sp³-hybridized carbons (Fsp3) is 0.200. The second kappa shape index (κ2) is 9.48. The maximum absolute atomic E-state index is 12.0. The number of hydrogen-bond acceptors (Lipinski definition) is 3. The number of aromatic nitrogens is 1. The Morgan fingerprint density at radius 2 is 1.79 bits per heavy atom. The van der Waals surface area contributed by atoms with Gasteiger partial charge in [-0.3, -0.25) is 20.4 Å². The van der Waals surface area contributed by atoms with Crippen LogP contribution < -0.4 is 15.6 Å². The Morgan fingerprint density at radius 1 is 1.00 bits per heavy atom. The molecule has 1 aromatic heterocycles. The van der Waals surface area contributed by atoms with Gasteiger partial charge in [0.15, 0.2) is 0 Å². The van der Waals surface area contributed by atoms with E-state index in [-0.39, 0.29) is 24.8 Å². The van der Waals surface area contributed by atoms with E-state index >= 15 is 0 Å². The number of carbonyl (C=O) groups is 2. The van der Waals surface area contributed by atoms with E-state index in [9.17, 15) is 9.59 Å². The maximum Gasteiger partial charge on any atom is 0.258 e. The summed E-state index contributed by atoms with van der Waals surface area (Å²) in [6.45, 7) is 0.435. The number of fused-ring (bicyclic) bond motifs is 1. The van der Waals surface area contributed by atoms with Crippen molar-refractivity contribution in [2.45, 2.75) is 19.4 Å². The number of hydrogen-bond donors (Lipinski definition) is 2. The monoisotopic (exact) mass is 419 g/mol. The number of benzene rings is 2. The first kappa shape index (κ1) is 20.0. The average Bonchev–Trinajstić information content (AvgIpc) is 3.08. The Hall–Kier alpha value is -2.70. The summed E-state index contributed by atoms with van der Waals surface area (Å²) in [7, 11) is 0. The molecule has 0 unspecified atom stereocenters. The molecule has 2 N–H and O–H groups in total. The molecule has 2 aromatic carbocycles. The molecule has 0 saturated heterocycles. The minimum Gasteiger partial charge on any atom is -0.492 e. The normalized spacial score (nSPS) is 10.6. The molecule has 0 spiro atoms. The van der Waals surface area contributed by atoms with Crippen LogP contribution in [0.3, 0.4) is 0 Å². The molecular weight excluding hydrogens is 401 g/mol. The Labute approximate surface area is 172 Å². The summed E-state index contributed by atoms with van der Waals surface area (Å²) >= 11 is 11.8. The van der Waals surface area contributed by atoms with Gasteiger partial charge in [-0.25, -0.2) is 0 Å². The molecule has 0 fully saturated rings. The maximum atomic E-state index is 12.0. The Bertz CT molecular complexity index is 988. The molecule has 0 aliphatic carbocycles. The van der Waals surface area contributed by atoms with Crippen molar-refractivity contribution in [3.63, 3.8) is 0 Å². The van der Waals surface area contributed by atoms with Gasteiger partial charge >= 0.3 is 0 Å². The second-order valence-electron chi connectivity index (χ2n) is 6.13. The van der Waals surface area contributed by atoms with E-state index in [0.29, 0.717) is 28.8 Å². The van der Waals surface area contributed by atoms with Crippen molar-refractivity contribution in [1.29, 1.82) is 0 Å². The third-order valence-electron chi connectivity index (χ3n) is 4.04. The van der Waals surface area contributed by atoms with Crippen molar-refractivity contribution in [1.82, 2.24) is 15.4 Å². The topological polar surface area (TPSA) is 72.4 Å². The predicted octanol–water partition coefficient (Wildman–Crippen LogP) is 3.95. The highest BCUT2D eigenvalue weighted by Crippen LogP contribution is 2.27. The number of halogens is 2. The largest absolute Gasteiger partial charge is 0.492 e. The minimum atomic E-state index is -0.307. The van der Waals surface area contributed by atoms with E-state index in [1.807, 2.05) is 41.1 Å². The van der Waals surface area contributed by atoms with Gasteiger partial charge in [-0.05, 0) is 42.1 Å². The van der Waals surface area contributed by atoms with Gasteiger partial charge in [-0.2, -0.15) is 0 Å². The van der Waals surface area contributed by atoms with Crippen LogP contribution in [-0.2, 0) is 16.1 Å². The first-order valence-electron chi connectivity index (χ1n) is 8.72. The van der Waals surface area contributed by atoms with Crippen LogP contribution in [0.15, 0.2) is 54.7 Å². The van der Waals surface area contributed by atoms with Crippen LogP contribution in [0.25, 0.3) is 10.9 Å². The minimum absolute atomic E-state index is 0.117. The molecule has 6 nitrogen and oxygen atoms in total. The highest BCUT2D eigenvalue weighted by Gasteiger charge is 2.08. The molecule has 1 heterocycles. The molecule has 0 atom stereocenters. The number of ether oxygens (including phenoxy) is 1. The molecule has 0 aliphatic rings. The summed E-state index contributed by atoms with van der Waals surface area (Å²) in [4.78, 5) is 23.9. The molecule has 0 radical (unpaired) electrons. The number of hydrazine groups is 1. The lowest BCUT2D eigenvalue weighted by atomic mass is 10.2. The molecular formula is C20H19Cl2N3O3. The SMILES string of the molecule is O=C(CCCOc1ccc(Cl)cc1Cl)NNC(=O)Cn1ccc2ccccc21. The zero-order chi connectivity index (χ0) is 19.9. The summed E-state index contributed by atoms with van der Waals surface area (Å²) < 4.78 is 7.34. The first-order valence-corrected chi connectivity index (χ1v) is 9.48. The van der Waals surface area contributed by atoms with Crippen LogP contribution >= 0.6 is 23.2 Å². The van der Waals surface area contributed by atoms with E-state index in [1.54, 1.807) is 18.2 Å². The van der Waals surface area contributed by atoms with Gasteiger partial charge in [0.25, 0.3) is 5.91 Å². The van der Waals surface area contributed by atoms with E-state index in [2.05, 4.69) is 10.9 Å². The van der Waals surface area contributed by atoms with E-state index in [4.69, 9.17) is 27.9 Å². The van der Waals surface area contributed by atoms with Crippen LogP contribution in [0.5, 0.6) is 5.75 Å². The lowest BCUT2D eigenvalue weighted by Crippen LogP contribution is -2.43. The summed E-state index contributed by atoms with van der Waals surface area (Å²) in [6.07, 6.45) is 2.52. The first-order chi connectivity index (χ1) is 13.5. The number of rotatable bonds is 7. The van der Waals surface area contributed by atoms with E-state index < -0.39 is 0 Å². The number of carbonyl (C=O) groups excluding carboxylic acids is 2. The van der Waals surface area contributed by atoms with Crippen molar-refractivity contribution >= 4 is 45.9 Å². The van der Waals surface area contributed by atoms with Crippen molar-refractivity contribution < 1.29 is 14.3 Å². The van der Waals surface area contributed by atoms with Crippen molar-refractivity contribution in [3.05, 3.63) is 64.8 Å². The second-order valence-corrected chi connectivity index (χ2v) is 6.97. The number of nitrogens with one attached hydrogen (secondary N) is 2. The molecule has 8 heteroatoms. The smallest absolute Gasteiger partial charge is 0.258 e. The lowest BCUT2D eigenvalue weighted by Gasteiger charge is -2.10. The quantitative estimate of drug-likeness (QED) is 0.449. The van der Waals surface area contributed by atoms with Gasteiger partial charge in [0.2, 0.25) is 5.91 Å². The lowest BCUT2D eigenvalue weighted by molar-refractivity contribution is -0.129. The number of amides is 2. The van der Waals surface area contributed by atoms with Gasteiger partial charge < -0.3 is 9.30 Å². The molecule has 2 amide bonds. The average molecular weight is 420 g/mol. The number of nitrogens with zero attached hydrogens (tertiary/aromatic N) is 1. The van der Waals surface area contributed by atoms with Crippen LogP contribution in [0.2, 0.25) is 10.0 Å². The molecule has 0 bridgehead atoms. The van der Waals surface area contributed by atoms with Crippen molar-refractivity contribution in [2.75, 3.05) is 6.61 Å². The molecule has 28 heavy (non-hydrogen) atoms. The van der Waals surface area contributed by atoms with Crippen LogP contribution in [0.4, 0.5) is 0 Å². The molecule has 0 aliphatic heterocycles. The predicted molar refractivity (Wildman–Crippen MR) is 109 cm³/mol. The fourth-order valence-electron chi connectivity index (χ4n) is 2.68. The fourth-order valence-corrected chi connectivity index (χ4v) is 3.14. The zero-order valence-electron chi connectivity index (χ0n) is 15.0. The van der Waals surface area contributed by atoms with Crippen molar-refractivity contribution in [2.24, 2.45) is 0 Å². The number of para-hydroxylation sites is 1. The van der Waals surface area contributed by atoms with E-state index in [1.165, 1.54) is 0 Å². The molecule has 3 rings (SSSR count). The zero-order valence-corrected chi connectivity index (χ0v) is 16.5. The van der Waals surface area contributed by atoms with Crippen LogP contribution in [0.1, 0.15) is 12.8 Å². The van der Waals surface area contributed by atoms with Crippen molar-refractivity contribution in [3.8, 4) is 5.75 Å². The highest BCUT2D eigenvalue weighted by atomic mass is 35.5. The summed E-state index contributed by atoms with van der Waals surface area (Å²) in [6, 6.07) is 14.7. The van der Waals surface area contributed by atoms with Gasteiger partial charge in [0.05, 0.1) is 11.6 Å². The Kier molecular flexibility index (Phi) is 6.79. The third-order valence-corrected chi connectivity index (χ3v) is 4.57. The van der Waals surface area contributed by atoms with Gasteiger partial charge in [-0.15, -0.1) is 0 Å². The Balaban J connectivity index is 1.36. The van der Waals surface area contributed by atoms with Gasteiger partial charge in [0.1, 0.15) is 12.3 Å². The van der Waals surface area contributed by atoms with Gasteiger partial charge in [0, 0.05) is 23.2 Å². The summed E-state index contributed by atoms with van der Waals surface area (Å²) in [5.41, 5.74) is 5.79. The summed E-state index contributed by atoms with van der Waals surface area (Å²) in [5, 5.41) is 2.00. The van der Waals surface area contributed by atoms with E-state index in [0.717, 1.165) is 10.9 Å². The molecule has 0 saturated carbocycles. The van der Waals surface area contributed by atoms with Gasteiger partial charge in [-0.1, -0.05) is 41.4 Å². The standard InChI is InChI=1S/C20H19Cl2N3O3/c21-15-7-8-18(16(22)12-15)28-11-3-6-19(26)23-24-20(27)13-25-10-9-14-4-1-2-5-17(14)25/h1-2,4-5,7-10,12H,3,6,11,13H2,(H,23,26)(H,24,27). The Morgan fingerprint density at radius 3 is 2.61 bits per heavy atom.